The van der Waals surface area contributed by atoms with Crippen LogP contribution in [-0.4, -0.2) is 9.97 Å². The molecular formula is C12H8N2S. The molecule has 15 heavy (non-hydrogen) atoms. The molecule has 0 spiro atoms. The molecule has 2 aromatic carbocycles. The Balaban J connectivity index is 2.59. The van der Waals surface area contributed by atoms with Crippen molar-refractivity contribution in [3.8, 4) is 0 Å². The molecule has 0 aliphatic heterocycles. The minimum absolute atomic E-state index is 0.648. The predicted molar refractivity (Wildman–Crippen MR) is 64.4 cm³/mol. The van der Waals surface area contributed by atoms with Crippen LogP contribution >= 0.6 is 12.2 Å². The highest BCUT2D eigenvalue weighted by molar-refractivity contribution is 7.71. The number of benzene rings is 2. The van der Waals surface area contributed by atoms with E-state index in [1.165, 1.54) is 10.8 Å². The van der Waals surface area contributed by atoms with Crippen LogP contribution in [0.15, 0.2) is 42.7 Å². The largest absolute Gasteiger partial charge is 0.346 e. The molecule has 0 aliphatic rings. The Morgan fingerprint density at radius 2 is 1.80 bits per heavy atom. The van der Waals surface area contributed by atoms with E-state index in [1.54, 1.807) is 6.33 Å². The number of H-pyrrole nitrogens is 1. The number of nitrogens with zero attached hydrogens (tertiary/aromatic N) is 1. The summed E-state index contributed by atoms with van der Waals surface area (Å²) >= 11 is 5.19. The van der Waals surface area contributed by atoms with Crippen LogP contribution in [0.5, 0.6) is 0 Å². The van der Waals surface area contributed by atoms with Gasteiger partial charge in [0.15, 0.2) is 0 Å². The van der Waals surface area contributed by atoms with Gasteiger partial charge in [0.25, 0.3) is 0 Å². The summed E-state index contributed by atoms with van der Waals surface area (Å²) in [6.07, 6.45) is 1.64. The number of hydrogen-bond acceptors (Lipinski definition) is 2. The maximum absolute atomic E-state index is 5.19. The van der Waals surface area contributed by atoms with Crippen molar-refractivity contribution in [3.63, 3.8) is 0 Å². The van der Waals surface area contributed by atoms with Crippen molar-refractivity contribution >= 4 is 33.9 Å². The summed E-state index contributed by atoms with van der Waals surface area (Å²) < 4.78 is 0.648. The molecule has 72 valence electrons. The van der Waals surface area contributed by atoms with E-state index in [0.29, 0.717) is 4.64 Å². The fourth-order valence-electron chi connectivity index (χ4n) is 1.77. The third-order valence-electron chi connectivity index (χ3n) is 2.52. The van der Waals surface area contributed by atoms with Crippen molar-refractivity contribution in [3.05, 3.63) is 47.4 Å². The lowest BCUT2D eigenvalue weighted by molar-refractivity contribution is 1.21. The number of hydrogen-bond donors (Lipinski definition) is 1. The number of aromatic nitrogens is 2. The quantitative estimate of drug-likeness (QED) is 0.456. The number of aromatic amines is 1. The number of nitrogens with one attached hydrogen (secondary N) is 1. The zero-order chi connectivity index (χ0) is 10.3. The maximum Gasteiger partial charge on any atom is 0.137 e. The average Bonchev–Trinajstić information content (AvgIpc) is 2.27. The van der Waals surface area contributed by atoms with Gasteiger partial charge >= 0.3 is 0 Å². The Hall–Kier alpha value is -1.74. The molecule has 3 rings (SSSR count). The van der Waals surface area contributed by atoms with Gasteiger partial charge in [-0.05, 0) is 22.9 Å². The molecule has 3 aromatic rings. The SMILES string of the molecule is S=c1nc[nH]c2cc3ccccc3cc12. The van der Waals surface area contributed by atoms with Crippen LogP contribution < -0.4 is 0 Å². The molecule has 0 saturated carbocycles. The van der Waals surface area contributed by atoms with Gasteiger partial charge in [-0.25, -0.2) is 4.98 Å². The minimum atomic E-state index is 0.648. The van der Waals surface area contributed by atoms with Crippen molar-refractivity contribution in [2.24, 2.45) is 0 Å². The van der Waals surface area contributed by atoms with Crippen LogP contribution in [-0.2, 0) is 0 Å². The van der Waals surface area contributed by atoms with Gasteiger partial charge < -0.3 is 4.98 Å². The lowest BCUT2D eigenvalue weighted by Gasteiger charge is -2.01. The molecule has 3 heteroatoms. The van der Waals surface area contributed by atoms with E-state index in [9.17, 15) is 0 Å². The van der Waals surface area contributed by atoms with Crippen LogP contribution in [0.25, 0.3) is 21.7 Å². The Labute approximate surface area is 91.6 Å². The molecule has 0 unspecified atom stereocenters. The zero-order valence-electron chi connectivity index (χ0n) is 7.90. The molecule has 0 fully saturated rings. The topological polar surface area (TPSA) is 28.7 Å². The third-order valence-corrected chi connectivity index (χ3v) is 2.84. The van der Waals surface area contributed by atoms with Gasteiger partial charge in [0.2, 0.25) is 0 Å². The van der Waals surface area contributed by atoms with Gasteiger partial charge in [-0.3, -0.25) is 0 Å². The molecule has 0 atom stereocenters. The fourth-order valence-corrected chi connectivity index (χ4v) is 1.99. The summed E-state index contributed by atoms with van der Waals surface area (Å²) in [5.41, 5.74) is 1.04. The second-order valence-electron chi connectivity index (χ2n) is 3.45. The molecule has 0 aliphatic carbocycles. The van der Waals surface area contributed by atoms with Crippen molar-refractivity contribution < 1.29 is 0 Å². The first kappa shape index (κ1) is 8.56. The first-order valence-corrected chi connectivity index (χ1v) is 5.11. The Morgan fingerprint density at radius 1 is 1.07 bits per heavy atom. The average molecular weight is 212 g/mol. The summed E-state index contributed by atoms with van der Waals surface area (Å²) in [5.74, 6) is 0. The van der Waals surface area contributed by atoms with Crippen molar-refractivity contribution in [2.45, 2.75) is 0 Å². The number of fused-ring (bicyclic) bond motifs is 2. The van der Waals surface area contributed by atoms with Crippen molar-refractivity contribution in [2.75, 3.05) is 0 Å². The van der Waals surface area contributed by atoms with E-state index >= 15 is 0 Å². The summed E-state index contributed by atoms with van der Waals surface area (Å²) in [4.78, 5) is 7.18. The van der Waals surface area contributed by atoms with Crippen molar-refractivity contribution in [1.82, 2.24) is 9.97 Å². The van der Waals surface area contributed by atoms with Gasteiger partial charge in [-0.15, -0.1) is 0 Å². The van der Waals surface area contributed by atoms with E-state index in [0.717, 1.165) is 10.9 Å². The standard InChI is InChI=1S/C12H8N2S/c15-12-10-5-8-3-1-2-4-9(8)6-11(10)13-7-14-12/h1-7H,(H,13,14,15). The van der Waals surface area contributed by atoms with E-state index in [-0.39, 0.29) is 0 Å². The number of rotatable bonds is 0. The summed E-state index contributed by atoms with van der Waals surface area (Å²) in [5, 5.41) is 3.41. The third kappa shape index (κ3) is 1.32. The van der Waals surface area contributed by atoms with Gasteiger partial charge in [0.1, 0.15) is 4.64 Å². The lowest BCUT2D eigenvalue weighted by Crippen LogP contribution is -1.83. The molecule has 2 nitrogen and oxygen atoms in total. The first-order chi connectivity index (χ1) is 7.34. The molecule has 1 aromatic heterocycles. The first-order valence-electron chi connectivity index (χ1n) is 4.71. The molecule has 0 saturated heterocycles. The van der Waals surface area contributed by atoms with E-state index in [2.05, 4.69) is 34.2 Å². The summed E-state index contributed by atoms with van der Waals surface area (Å²) in [6, 6.07) is 12.4. The zero-order valence-corrected chi connectivity index (χ0v) is 8.71. The van der Waals surface area contributed by atoms with E-state index in [1.807, 2.05) is 12.1 Å². The maximum atomic E-state index is 5.19. The van der Waals surface area contributed by atoms with Crippen LogP contribution in [0.4, 0.5) is 0 Å². The molecule has 0 amide bonds. The summed E-state index contributed by atoms with van der Waals surface area (Å²) in [6.45, 7) is 0. The van der Waals surface area contributed by atoms with Gasteiger partial charge in [-0.1, -0.05) is 36.5 Å². The minimum Gasteiger partial charge on any atom is -0.346 e. The normalized spacial score (nSPS) is 10.9. The van der Waals surface area contributed by atoms with E-state index in [4.69, 9.17) is 12.2 Å². The Bertz CT molecular complexity index is 700. The van der Waals surface area contributed by atoms with E-state index < -0.39 is 0 Å². The second kappa shape index (κ2) is 3.14. The molecule has 1 heterocycles. The molecule has 0 bridgehead atoms. The monoisotopic (exact) mass is 212 g/mol. The highest BCUT2D eigenvalue weighted by Crippen LogP contribution is 2.20. The van der Waals surface area contributed by atoms with Gasteiger partial charge in [0.05, 0.1) is 11.8 Å². The summed E-state index contributed by atoms with van der Waals surface area (Å²) in [7, 11) is 0. The molecule has 0 radical (unpaired) electrons. The smallest absolute Gasteiger partial charge is 0.137 e. The van der Waals surface area contributed by atoms with Crippen LogP contribution in [0.2, 0.25) is 0 Å². The molecule has 1 N–H and O–H groups in total. The van der Waals surface area contributed by atoms with Crippen molar-refractivity contribution in [1.29, 1.82) is 0 Å². The fraction of sp³-hybridized carbons (Fsp3) is 0. The van der Waals surface area contributed by atoms with Crippen LogP contribution in [0.1, 0.15) is 0 Å². The van der Waals surface area contributed by atoms with Gasteiger partial charge in [-0.2, -0.15) is 0 Å². The van der Waals surface area contributed by atoms with Crippen LogP contribution in [0.3, 0.4) is 0 Å². The Kier molecular flexibility index (Phi) is 1.79. The highest BCUT2D eigenvalue weighted by atomic mass is 32.1. The highest BCUT2D eigenvalue weighted by Gasteiger charge is 1.98. The van der Waals surface area contributed by atoms with Crippen LogP contribution in [0, 0.1) is 4.64 Å². The lowest BCUT2D eigenvalue weighted by atomic mass is 10.1. The second-order valence-corrected chi connectivity index (χ2v) is 3.84. The Morgan fingerprint density at radius 3 is 2.60 bits per heavy atom. The molecular weight excluding hydrogens is 204 g/mol. The van der Waals surface area contributed by atoms with Gasteiger partial charge in [0, 0.05) is 5.39 Å². The predicted octanol–water partition coefficient (Wildman–Crippen LogP) is 3.45.